The molecule has 0 atom stereocenters. The Labute approximate surface area is 85.1 Å². The molecule has 0 unspecified atom stereocenters. The molecule has 14 heavy (non-hydrogen) atoms. The largest absolute Gasteiger partial charge is 0.348 e. The zero-order chi connectivity index (χ0) is 9.49. The number of hydrogen-bond donors (Lipinski definition) is 1. The van der Waals surface area contributed by atoms with Crippen molar-refractivity contribution in [2.24, 2.45) is 5.41 Å². The van der Waals surface area contributed by atoms with E-state index in [1.807, 2.05) is 0 Å². The van der Waals surface area contributed by atoms with Gasteiger partial charge in [0, 0.05) is 19.4 Å². The minimum absolute atomic E-state index is 0.173. The Balaban J connectivity index is 1.66. The highest BCUT2D eigenvalue weighted by Crippen LogP contribution is 2.47. The molecule has 2 aliphatic heterocycles. The number of rotatable bonds is 0. The second-order valence-corrected chi connectivity index (χ2v) is 5.03. The molecule has 3 aliphatic rings. The summed E-state index contributed by atoms with van der Waals surface area (Å²) in [4.78, 5) is 0. The van der Waals surface area contributed by atoms with Crippen LogP contribution in [0.5, 0.6) is 0 Å². The Bertz CT molecular complexity index is 181. The molecule has 2 saturated heterocycles. The molecular weight excluding hydrogens is 178 g/mol. The van der Waals surface area contributed by atoms with Crippen molar-refractivity contribution < 1.29 is 9.47 Å². The summed E-state index contributed by atoms with van der Waals surface area (Å²) in [6, 6.07) is 0. The van der Waals surface area contributed by atoms with Gasteiger partial charge in [0.25, 0.3) is 0 Å². The molecule has 3 nitrogen and oxygen atoms in total. The van der Waals surface area contributed by atoms with Gasteiger partial charge in [0.2, 0.25) is 0 Å². The molecule has 1 N–H and O–H groups in total. The van der Waals surface area contributed by atoms with Crippen molar-refractivity contribution in [3.8, 4) is 0 Å². The molecule has 2 heterocycles. The second-order valence-electron chi connectivity index (χ2n) is 5.03. The van der Waals surface area contributed by atoms with Crippen LogP contribution in [0.1, 0.15) is 32.1 Å². The summed E-state index contributed by atoms with van der Waals surface area (Å²) in [6.07, 6.45) is 6.12. The van der Waals surface area contributed by atoms with Crippen molar-refractivity contribution in [1.29, 1.82) is 0 Å². The van der Waals surface area contributed by atoms with Crippen molar-refractivity contribution in [1.82, 2.24) is 5.32 Å². The van der Waals surface area contributed by atoms with E-state index in [1.165, 1.54) is 32.4 Å². The van der Waals surface area contributed by atoms with Crippen molar-refractivity contribution in [3.05, 3.63) is 0 Å². The van der Waals surface area contributed by atoms with Crippen LogP contribution in [0.25, 0.3) is 0 Å². The molecular formula is C11H19NO2. The first-order chi connectivity index (χ1) is 6.83. The zero-order valence-corrected chi connectivity index (χ0v) is 8.68. The van der Waals surface area contributed by atoms with Crippen LogP contribution < -0.4 is 5.32 Å². The summed E-state index contributed by atoms with van der Waals surface area (Å²) in [6.45, 7) is 4.01. The van der Waals surface area contributed by atoms with E-state index in [2.05, 4.69) is 5.32 Å². The summed E-state index contributed by atoms with van der Waals surface area (Å²) >= 11 is 0. The minimum atomic E-state index is -0.173. The fourth-order valence-corrected chi connectivity index (χ4v) is 3.17. The summed E-state index contributed by atoms with van der Waals surface area (Å²) in [5.74, 6) is -0.173. The highest BCUT2D eigenvalue weighted by molar-refractivity contribution is 4.95. The number of ether oxygens (including phenoxy) is 2. The molecule has 2 spiro atoms. The smallest absolute Gasteiger partial charge is 0.168 e. The number of hydrogen-bond acceptors (Lipinski definition) is 3. The molecule has 0 bridgehead atoms. The minimum Gasteiger partial charge on any atom is -0.348 e. The fourth-order valence-electron chi connectivity index (χ4n) is 3.17. The Morgan fingerprint density at radius 3 is 2.14 bits per heavy atom. The van der Waals surface area contributed by atoms with Crippen LogP contribution in [-0.4, -0.2) is 32.1 Å². The van der Waals surface area contributed by atoms with Gasteiger partial charge in [0.1, 0.15) is 0 Å². The molecule has 3 rings (SSSR count). The van der Waals surface area contributed by atoms with Gasteiger partial charge in [-0.1, -0.05) is 0 Å². The van der Waals surface area contributed by atoms with Crippen LogP contribution in [0, 0.1) is 5.41 Å². The van der Waals surface area contributed by atoms with Crippen molar-refractivity contribution in [2.45, 2.75) is 37.9 Å². The van der Waals surface area contributed by atoms with E-state index in [9.17, 15) is 0 Å². The van der Waals surface area contributed by atoms with Gasteiger partial charge in [-0.25, -0.2) is 0 Å². The van der Waals surface area contributed by atoms with Gasteiger partial charge in [-0.05, 0) is 31.2 Å². The molecule has 3 fully saturated rings. The van der Waals surface area contributed by atoms with Crippen LogP contribution in [-0.2, 0) is 9.47 Å². The maximum absolute atomic E-state index is 5.74. The molecule has 3 heteroatoms. The Kier molecular flexibility index (Phi) is 2.08. The summed E-state index contributed by atoms with van der Waals surface area (Å²) in [7, 11) is 0. The van der Waals surface area contributed by atoms with E-state index in [0.29, 0.717) is 5.41 Å². The first-order valence-corrected chi connectivity index (χ1v) is 5.81. The van der Waals surface area contributed by atoms with Gasteiger partial charge in [-0.3, -0.25) is 0 Å². The van der Waals surface area contributed by atoms with Crippen LogP contribution in [0.2, 0.25) is 0 Å². The number of nitrogens with one attached hydrogen (secondary N) is 1. The van der Waals surface area contributed by atoms with E-state index in [-0.39, 0.29) is 5.79 Å². The van der Waals surface area contributed by atoms with Crippen molar-refractivity contribution in [3.63, 3.8) is 0 Å². The summed E-state index contributed by atoms with van der Waals surface area (Å²) in [5, 5.41) is 3.48. The maximum atomic E-state index is 5.74. The lowest BCUT2D eigenvalue weighted by Gasteiger charge is -2.41. The van der Waals surface area contributed by atoms with Gasteiger partial charge in [0.05, 0.1) is 13.2 Å². The average Bonchev–Trinajstić information content (AvgIpc) is 2.81. The van der Waals surface area contributed by atoms with E-state index in [0.717, 1.165) is 26.1 Å². The highest BCUT2D eigenvalue weighted by Gasteiger charge is 2.46. The van der Waals surface area contributed by atoms with Crippen molar-refractivity contribution in [2.75, 3.05) is 26.3 Å². The predicted octanol–water partition coefficient (Wildman–Crippen LogP) is 1.28. The molecule has 0 radical (unpaired) electrons. The van der Waals surface area contributed by atoms with Crippen LogP contribution in [0.3, 0.4) is 0 Å². The van der Waals surface area contributed by atoms with Gasteiger partial charge in [0.15, 0.2) is 5.79 Å². The molecule has 1 aliphatic carbocycles. The SMILES string of the molecule is C1CC2(CCC3(CC2)OCCO3)CN1. The zero-order valence-electron chi connectivity index (χ0n) is 8.68. The van der Waals surface area contributed by atoms with E-state index >= 15 is 0 Å². The van der Waals surface area contributed by atoms with Gasteiger partial charge in [-0.15, -0.1) is 0 Å². The average molecular weight is 197 g/mol. The molecule has 1 saturated carbocycles. The molecule has 0 aromatic heterocycles. The molecule has 0 aromatic carbocycles. The summed E-state index contributed by atoms with van der Waals surface area (Å²) in [5.41, 5.74) is 0.584. The Hall–Kier alpha value is -0.120. The highest BCUT2D eigenvalue weighted by atomic mass is 16.7. The van der Waals surface area contributed by atoms with E-state index in [4.69, 9.17) is 9.47 Å². The Morgan fingerprint density at radius 2 is 1.57 bits per heavy atom. The van der Waals surface area contributed by atoms with Crippen LogP contribution in [0.4, 0.5) is 0 Å². The van der Waals surface area contributed by atoms with Gasteiger partial charge < -0.3 is 14.8 Å². The first kappa shape index (κ1) is 9.13. The van der Waals surface area contributed by atoms with E-state index < -0.39 is 0 Å². The second kappa shape index (κ2) is 3.19. The normalized spacial score (nSPS) is 34.3. The van der Waals surface area contributed by atoms with Crippen LogP contribution in [0.15, 0.2) is 0 Å². The fraction of sp³-hybridized carbons (Fsp3) is 1.00. The lowest BCUT2D eigenvalue weighted by Crippen LogP contribution is -2.40. The predicted molar refractivity (Wildman–Crippen MR) is 53.0 cm³/mol. The van der Waals surface area contributed by atoms with E-state index in [1.54, 1.807) is 0 Å². The summed E-state index contributed by atoms with van der Waals surface area (Å²) < 4.78 is 11.5. The molecule has 80 valence electrons. The lowest BCUT2D eigenvalue weighted by atomic mass is 9.71. The Morgan fingerprint density at radius 1 is 0.857 bits per heavy atom. The first-order valence-electron chi connectivity index (χ1n) is 5.81. The third-order valence-electron chi connectivity index (χ3n) is 4.22. The standard InChI is InChI=1S/C11H19NO2/c1-3-11(13-7-8-14-11)4-2-10(1)5-6-12-9-10/h12H,1-9H2. The third kappa shape index (κ3) is 1.38. The maximum Gasteiger partial charge on any atom is 0.168 e. The monoisotopic (exact) mass is 197 g/mol. The lowest BCUT2D eigenvalue weighted by molar-refractivity contribution is -0.190. The molecule has 0 aromatic rings. The molecule has 0 amide bonds. The quantitative estimate of drug-likeness (QED) is 0.634. The van der Waals surface area contributed by atoms with Crippen molar-refractivity contribution >= 4 is 0 Å². The van der Waals surface area contributed by atoms with Gasteiger partial charge >= 0.3 is 0 Å². The third-order valence-corrected chi connectivity index (χ3v) is 4.22. The van der Waals surface area contributed by atoms with Gasteiger partial charge in [-0.2, -0.15) is 0 Å². The topological polar surface area (TPSA) is 30.5 Å². The van der Waals surface area contributed by atoms with Crippen LogP contribution >= 0.6 is 0 Å².